The third-order valence-electron chi connectivity index (χ3n) is 3.95. The molecular weight excluding hydrogens is 214 g/mol. The van der Waals surface area contributed by atoms with Gasteiger partial charge in [0.1, 0.15) is 0 Å². The fourth-order valence-electron chi connectivity index (χ4n) is 2.30. The quantitative estimate of drug-likeness (QED) is 0.805. The van der Waals surface area contributed by atoms with Gasteiger partial charge in [-0.1, -0.05) is 39.5 Å². The van der Waals surface area contributed by atoms with E-state index in [2.05, 4.69) is 26.1 Å². The van der Waals surface area contributed by atoms with Gasteiger partial charge in [-0.25, -0.2) is 0 Å². The van der Waals surface area contributed by atoms with Gasteiger partial charge in [0, 0.05) is 6.04 Å². The average Bonchev–Trinajstić information content (AvgIpc) is 2.37. The van der Waals surface area contributed by atoms with Crippen LogP contribution in [0, 0.1) is 11.8 Å². The molecule has 17 heavy (non-hydrogen) atoms. The van der Waals surface area contributed by atoms with Crippen LogP contribution in [0.1, 0.15) is 59.3 Å². The highest BCUT2D eigenvalue weighted by Crippen LogP contribution is 2.23. The first-order chi connectivity index (χ1) is 8.15. The van der Waals surface area contributed by atoms with Crippen molar-refractivity contribution in [2.75, 3.05) is 6.54 Å². The summed E-state index contributed by atoms with van der Waals surface area (Å²) in [5.74, 6) is 1.79. The molecule has 1 saturated carbocycles. The highest BCUT2D eigenvalue weighted by molar-refractivity contribution is 5.20. The largest absolute Gasteiger partial charge is 0.373 e. The number of carbonyl (C=O) groups excluding carboxylic acids is 2. The highest BCUT2D eigenvalue weighted by atomic mass is 16.2. The number of rotatable bonds is 5. The van der Waals surface area contributed by atoms with Crippen molar-refractivity contribution in [1.29, 1.82) is 0 Å². The molecule has 3 heteroatoms. The first kappa shape index (κ1) is 16.3. The minimum absolute atomic E-state index is 0.250. The zero-order valence-corrected chi connectivity index (χ0v) is 11.5. The molecule has 0 aliphatic heterocycles. The van der Waals surface area contributed by atoms with Gasteiger partial charge < -0.3 is 5.32 Å². The Balaban J connectivity index is 0.000000770. The van der Waals surface area contributed by atoms with Crippen molar-refractivity contribution < 1.29 is 9.59 Å². The first-order valence-corrected chi connectivity index (χ1v) is 6.88. The van der Waals surface area contributed by atoms with E-state index in [0.29, 0.717) is 6.04 Å². The lowest BCUT2D eigenvalue weighted by Crippen LogP contribution is -2.36. The molecule has 0 aromatic heterocycles. The Morgan fingerprint density at radius 1 is 1.18 bits per heavy atom. The Kier molecular flexibility index (Phi) is 10.1. The van der Waals surface area contributed by atoms with Gasteiger partial charge in [0.05, 0.1) is 0 Å². The van der Waals surface area contributed by atoms with Gasteiger partial charge in [0.25, 0.3) is 0 Å². The molecule has 2 atom stereocenters. The molecule has 2 unspecified atom stereocenters. The van der Waals surface area contributed by atoms with E-state index < -0.39 is 0 Å². The number of hydrogen-bond donors (Lipinski definition) is 1. The second-order valence-corrected chi connectivity index (χ2v) is 5.17. The monoisotopic (exact) mass is 241 g/mol. The smallest absolute Gasteiger partial charge is 0.314 e. The van der Waals surface area contributed by atoms with Crippen LogP contribution in [-0.2, 0) is 9.59 Å². The predicted molar refractivity (Wildman–Crippen MR) is 68.5 cm³/mol. The third-order valence-corrected chi connectivity index (χ3v) is 3.95. The lowest BCUT2D eigenvalue weighted by molar-refractivity contribution is -0.191. The summed E-state index contributed by atoms with van der Waals surface area (Å²) in [5.41, 5.74) is 0. The standard InChI is InChI=1S/C13H27N.CO2/c1-4-11(2)12(3)14-10-13-8-6-5-7-9-13;2-1-3/h11-14H,4-10H2,1-3H3;. The SMILES string of the molecule is CCC(C)C(C)NCC1CCCCC1.O=C=O. The lowest BCUT2D eigenvalue weighted by Gasteiger charge is -2.26. The number of hydrogen-bond acceptors (Lipinski definition) is 3. The molecule has 1 aliphatic rings. The second kappa shape index (κ2) is 10.5. The van der Waals surface area contributed by atoms with E-state index in [0.717, 1.165) is 11.8 Å². The molecule has 0 heterocycles. The van der Waals surface area contributed by atoms with Gasteiger partial charge >= 0.3 is 6.15 Å². The van der Waals surface area contributed by atoms with Crippen molar-refractivity contribution in [3.63, 3.8) is 0 Å². The molecule has 0 saturated heterocycles. The molecule has 0 amide bonds. The summed E-state index contributed by atoms with van der Waals surface area (Å²) in [6.07, 6.45) is 8.85. The Labute approximate surface area is 105 Å². The van der Waals surface area contributed by atoms with Crippen LogP contribution in [0.4, 0.5) is 0 Å². The van der Waals surface area contributed by atoms with E-state index in [4.69, 9.17) is 9.59 Å². The van der Waals surface area contributed by atoms with Gasteiger partial charge in [-0.3, -0.25) is 0 Å². The maximum atomic E-state index is 8.12. The van der Waals surface area contributed by atoms with Gasteiger partial charge in [-0.2, -0.15) is 9.59 Å². The highest BCUT2D eigenvalue weighted by Gasteiger charge is 2.15. The lowest BCUT2D eigenvalue weighted by atomic mass is 9.89. The molecule has 0 spiro atoms. The minimum atomic E-state index is 0.250. The topological polar surface area (TPSA) is 46.2 Å². The Hall–Kier alpha value is -0.660. The summed E-state index contributed by atoms with van der Waals surface area (Å²) >= 11 is 0. The first-order valence-electron chi connectivity index (χ1n) is 6.88. The van der Waals surface area contributed by atoms with Crippen LogP contribution in [0.3, 0.4) is 0 Å². The van der Waals surface area contributed by atoms with Gasteiger partial charge in [-0.15, -0.1) is 0 Å². The van der Waals surface area contributed by atoms with E-state index in [-0.39, 0.29) is 6.15 Å². The van der Waals surface area contributed by atoms with Crippen molar-refractivity contribution in [1.82, 2.24) is 5.32 Å². The Morgan fingerprint density at radius 2 is 1.71 bits per heavy atom. The van der Waals surface area contributed by atoms with E-state index >= 15 is 0 Å². The van der Waals surface area contributed by atoms with Crippen LogP contribution in [0.2, 0.25) is 0 Å². The van der Waals surface area contributed by atoms with E-state index in [9.17, 15) is 0 Å². The number of nitrogens with one attached hydrogen (secondary N) is 1. The Morgan fingerprint density at radius 3 is 2.18 bits per heavy atom. The minimum Gasteiger partial charge on any atom is -0.314 e. The average molecular weight is 241 g/mol. The molecule has 100 valence electrons. The van der Waals surface area contributed by atoms with Crippen LogP contribution < -0.4 is 5.32 Å². The zero-order chi connectivity index (χ0) is 13.1. The third kappa shape index (κ3) is 8.12. The van der Waals surface area contributed by atoms with Gasteiger partial charge in [-0.05, 0) is 38.1 Å². The molecule has 1 fully saturated rings. The van der Waals surface area contributed by atoms with Crippen LogP contribution in [0.15, 0.2) is 0 Å². The fraction of sp³-hybridized carbons (Fsp3) is 0.929. The van der Waals surface area contributed by atoms with E-state index in [1.807, 2.05) is 0 Å². The molecule has 0 aromatic carbocycles. The van der Waals surface area contributed by atoms with E-state index in [1.54, 1.807) is 0 Å². The van der Waals surface area contributed by atoms with Crippen molar-refractivity contribution in [3.05, 3.63) is 0 Å². The maximum absolute atomic E-state index is 8.12. The van der Waals surface area contributed by atoms with Crippen LogP contribution in [0.5, 0.6) is 0 Å². The van der Waals surface area contributed by atoms with Gasteiger partial charge in [0.2, 0.25) is 0 Å². The van der Waals surface area contributed by atoms with Crippen molar-refractivity contribution in [2.24, 2.45) is 11.8 Å². The second-order valence-electron chi connectivity index (χ2n) is 5.17. The van der Waals surface area contributed by atoms with Crippen LogP contribution in [-0.4, -0.2) is 18.7 Å². The summed E-state index contributed by atoms with van der Waals surface area (Å²) in [5, 5.41) is 3.70. The molecule has 0 radical (unpaired) electrons. The molecule has 1 rings (SSSR count). The Bertz CT molecular complexity index is 204. The van der Waals surface area contributed by atoms with Crippen LogP contribution >= 0.6 is 0 Å². The molecule has 1 aliphatic carbocycles. The molecule has 3 nitrogen and oxygen atoms in total. The van der Waals surface area contributed by atoms with Gasteiger partial charge in [0.15, 0.2) is 0 Å². The maximum Gasteiger partial charge on any atom is 0.373 e. The molecular formula is C14H27NO2. The summed E-state index contributed by atoms with van der Waals surface area (Å²) in [4.78, 5) is 16.2. The molecule has 0 bridgehead atoms. The van der Waals surface area contributed by atoms with Crippen molar-refractivity contribution >= 4 is 6.15 Å². The fourth-order valence-corrected chi connectivity index (χ4v) is 2.30. The van der Waals surface area contributed by atoms with Crippen molar-refractivity contribution in [3.8, 4) is 0 Å². The summed E-state index contributed by atoms with van der Waals surface area (Å²) < 4.78 is 0. The predicted octanol–water partition coefficient (Wildman–Crippen LogP) is 3.01. The summed E-state index contributed by atoms with van der Waals surface area (Å²) in [6.45, 7) is 8.21. The summed E-state index contributed by atoms with van der Waals surface area (Å²) in [6, 6.07) is 0.696. The summed E-state index contributed by atoms with van der Waals surface area (Å²) in [7, 11) is 0. The normalized spacial score (nSPS) is 19.7. The van der Waals surface area contributed by atoms with Crippen molar-refractivity contribution in [2.45, 2.75) is 65.3 Å². The molecule has 0 aromatic rings. The molecule has 1 N–H and O–H groups in total. The van der Waals surface area contributed by atoms with E-state index in [1.165, 1.54) is 45.1 Å². The van der Waals surface area contributed by atoms with Crippen LogP contribution in [0.25, 0.3) is 0 Å². The zero-order valence-electron chi connectivity index (χ0n) is 11.5.